The van der Waals surface area contributed by atoms with Crippen molar-refractivity contribution in [2.24, 2.45) is 0 Å². The highest BCUT2D eigenvalue weighted by atomic mass is 19.1. The topological polar surface area (TPSA) is 69.7 Å². The fourth-order valence-electron chi connectivity index (χ4n) is 4.68. The molecule has 1 unspecified atom stereocenters. The molecule has 1 atom stereocenters. The van der Waals surface area contributed by atoms with Gasteiger partial charge in [-0.1, -0.05) is 67.3 Å². The summed E-state index contributed by atoms with van der Waals surface area (Å²) in [5.41, 5.74) is 2.08. The van der Waals surface area contributed by atoms with Crippen molar-refractivity contribution < 1.29 is 18.8 Å². The number of amides is 3. The Morgan fingerprint density at radius 1 is 1.03 bits per heavy atom. The Hall–Kier alpha value is -3.22. The van der Waals surface area contributed by atoms with E-state index in [0.717, 1.165) is 36.8 Å². The second kappa shape index (κ2) is 10.1. The molecule has 1 heterocycles. The summed E-state index contributed by atoms with van der Waals surface area (Å²) in [6.07, 6.45) is 5.19. The van der Waals surface area contributed by atoms with Gasteiger partial charge in [-0.3, -0.25) is 14.4 Å². The minimum absolute atomic E-state index is 0.113. The normalized spacial score (nSPS) is 19.6. The van der Waals surface area contributed by atoms with Crippen LogP contribution in [0.2, 0.25) is 0 Å². The van der Waals surface area contributed by atoms with E-state index in [1.54, 1.807) is 12.1 Å². The maximum atomic E-state index is 14.8. The van der Waals surface area contributed by atoms with Crippen LogP contribution < -0.4 is 5.32 Å². The molecule has 1 saturated carbocycles. The van der Waals surface area contributed by atoms with Gasteiger partial charge in [0, 0.05) is 18.2 Å². The molecule has 2 aliphatic rings. The van der Waals surface area contributed by atoms with E-state index in [1.165, 1.54) is 28.4 Å². The molecule has 0 radical (unpaired) electrons. The highest BCUT2D eigenvalue weighted by Crippen LogP contribution is 2.31. The summed E-state index contributed by atoms with van der Waals surface area (Å²) in [6.45, 7) is 1.75. The van der Waals surface area contributed by atoms with Crippen molar-refractivity contribution in [3.63, 3.8) is 0 Å². The Kier molecular flexibility index (Phi) is 7.06. The third-order valence-electron chi connectivity index (χ3n) is 6.48. The Bertz CT molecular complexity index is 1020. The van der Waals surface area contributed by atoms with Crippen LogP contribution in [0.15, 0.2) is 48.5 Å². The zero-order valence-corrected chi connectivity index (χ0v) is 18.9. The fourth-order valence-corrected chi connectivity index (χ4v) is 4.68. The lowest BCUT2D eigenvalue weighted by Gasteiger charge is -2.40. The summed E-state index contributed by atoms with van der Waals surface area (Å²) >= 11 is 0. The molecular weight excluding hydrogens is 421 g/mol. The molecule has 2 aromatic rings. The number of hydrogen-bond acceptors (Lipinski definition) is 3. The first-order valence-corrected chi connectivity index (χ1v) is 11.6. The van der Waals surface area contributed by atoms with E-state index in [2.05, 4.69) is 5.32 Å². The summed E-state index contributed by atoms with van der Waals surface area (Å²) in [7, 11) is 0. The summed E-state index contributed by atoms with van der Waals surface area (Å²) in [5, 5.41) is 2.99. The SMILES string of the molecule is Cc1ccc(CN2C(=O)CN(CC(=O)NC3CCCCC3)C(=O)C2c2ccccc2F)cc1. The maximum absolute atomic E-state index is 14.8. The van der Waals surface area contributed by atoms with Crippen LogP contribution in [-0.2, 0) is 20.9 Å². The number of hydrogen-bond donors (Lipinski definition) is 1. The summed E-state index contributed by atoms with van der Waals surface area (Å²) in [5.74, 6) is -1.58. The lowest BCUT2D eigenvalue weighted by molar-refractivity contribution is -0.158. The van der Waals surface area contributed by atoms with Crippen molar-refractivity contribution in [3.8, 4) is 0 Å². The second-order valence-electron chi connectivity index (χ2n) is 9.03. The number of rotatable bonds is 6. The first-order valence-electron chi connectivity index (χ1n) is 11.6. The smallest absolute Gasteiger partial charge is 0.251 e. The second-order valence-corrected chi connectivity index (χ2v) is 9.03. The molecule has 1 aliphatic carbocycles. The molecular formula is C26H30FN3O3. The molecule has 1 saturated heterocycles. The Balaban J connectivity index is 1.56. The molecule has 2 aromatic carbocycles. The number of aryl methyl sites for hydroxylation is 1. The molecule has 174 valence electrons. The highest BCUT2D eigenvalue weighted by molar-refractivity contribution is 5.97. The number of nitrogens with one attached hydrogen (secondary N) is 1. The average molecular weight is 452 g/mol. The van der Waals surface area contributed by atoms with Gasteiger partial charge in [0.25, 0.3) is 5.91 Å². The standard InChI is InChI=1S/C26H30FN3O3/c1-18-11-13-19(14-12-18)15-30-24(32)17-29(16-23(31)28-20-7-3-2-4-8-20)26(33)25(30)21-9-5-6-10-22(21)27/h5-6,9-14,20,25H,2-4,7-8,15-17H2,1H3,(H,28,31). The van der Waals surface area contributed by atoms with E-state index < -0.39 is 17.8 Å². The quantitative estimate of drug-likeness (QED) is 0.731. The van der Waals surface area contributed by atoms with E-state index in [0.29, 0.717) is 0 Å². The van der Waals surface area contributed by atoms with Gasteiger partial charge in [-0.15, -0.1) is 0 Å². The zero-order valence-electron chi connectivity index (χ0n) is 18.9. The van der Waals surface area contributed by atoms with Crippen molar-refractivity contribution in [1.29, 1.82) is 0 Å². The van der Waals surface area contributed by atoms with E-state index in [1.807, 2.05) is 31.2 Å². The van der Waals surface area contributed by atoms with E-state index in [4.69, 9.17) is 0 Å². The van der Waals surface area contributed by atoms with Gasteiger partial charge in [0.1, 0.15) is 24.9 Å². The summed E-state index contributed by atoms with van der Waals surface area (Å²) in [4.78, 5) is 42.0. The van der Waals surface area contributed by atoms with Gasteiger partial charge in [0.05, 0.1) is 0 Å². The molecule has 7 heteroatoms. The van der Waals surface area contributed by atoms with Crippen LogP contribution in [-0.4, -0.2) is 46.7 Å². The minimum Gasteiger partial charge on any atom is -0.352 e. The van der Waals surface area contributed by atoms with Gasteiger partial charge in [0.2, 0.25) is 11.8 Å². The van der Waals surface area contributed by atoms with Gasteiger partial charge >= 0.3 is 0 Å². The van der Waals surface area contributed by atoms with Gasteiger partial charge < -0.3 is 15.1 Å². The van der Waals surface area contributed by atoms with Crippen LogP contribution in [0.3, 0.4) is 0 Å². The molecule has 0 spiro atoms. The van der Waals surface area contributed by atoms with E-state index in [-0.39, 0.29) is 43.1 Å². The number of halogens is 1. The molecule has 0 aromatic heterocycles. The first-order chi connectivity index (χ1) is 15.9. The first kappa shape index (κ1) is 23.0. The minimum atomic E-state index is -1.11. The fraction of sp³-hybridized carbons (Fsp3) is 0.423. The van der Waals surface area contributed by atoms with Crippen LogP contribution in [0.25, 0.3) is 0 Å². The number of carbonyl (C=O) groups excluding carboxylic acids is 3. The van der Waals surface area contributed by atoms with Crippen LogP contribution >= 0.6 is 0 Å². The van der Waals surface area contributed by atoms with Crippen molar-refractivity contribution in [2.45, 2.75) is 57.7 Å². The average Bonchev–Trinajstić information content (AvgIpc) is 2.80. The van der Waals surface area contributed by atoms with Crippen molar-refractivity contribution in [3.05, 3.63) is 71.0 Å². The number of benzene rings is 2. The zero-order chi connectivity index (χ0) is 23.4. The van der Waals surface area contributed by atoms with E-state index >= 15 is 0 Å². The predicted octanol–water partition coefficient (Wildman–Crippen LogP) is 3.50. The Morgan fingerprint density at radius 3 is 2.42 bits per heavy atom. The van der Waals surface area contributed by atoms with Gasteiger partial charge in [-0.05, 0) is 31.4 Å². The van der Waals surface area contributed by atoms with E-state index in [9.17, 15) is 18.8 Å². The predicted molar refractivity (Wildman–Crippen MR) is 122 cm³/mol. The lowest BCUT2D eigenvalue weighted by atomic mass is 9.95. The monoisotopic (exact) mass is 451 g/mol. The Labute approximate surface area is 193 Å². The van der Waals surface area contributed by atoms with Gasteiger partial charge in [0.15, 0.2) is 0 Å². The summed E-state index contributed by atoms with van der Waals surface area (Å²) in [6, 6.07) is 12.7. The van der Waals surface area contributed by atoms with Crippen molar-refractivity contribution in [2.75, 3.05) is 13.1 Å². The molecule has 6 nitrogen and oxygen atoms in total. The maximum Gasteiger partial charge on any atom is 0.251 e. The number of piperazine rings is 1. The Morgan fingerprint density at radius 2 is 1.73 bits per heavy atom. The molecule has 0 bridgehead atoms. The molecule has 33 heavy (non-hydrogen) atoms. The molecule has 1 aliphatic heterocycles. The molecule has 2 fully saturated rings. The van der Waals surface area contributed by atoms with Crippen LogP contribution in [0.5, 0.6) is 0 Å². The van der Waals surface area contributed by atoms with Gasteiger partial charge in [-0.25, -0.2) is 4.39 Å². The summed E-state index contributed by atoms with van der Waals surface area (Å²) < 4.78 is 14.8. The third kappa shape index (κ3) is 5.41. The van der Waals surface area contributed by atoms with Crippen molar-refractivity contribution in [1.82, 2.24) is 15.1 Å². The largest absolute Gasteiger partial charge is 0.352 e. The number of carbonyl (C=O) groups is 3. The molecule has 1 N–H and O–H groups in total. The highest BCUT2D eigenvalue weighted by Gasteiger charge is 2.42. The molecule has 4 rings (SSSR count). The van der Waals surface area contributed by atoms with Gasteiger partial charge in [-0.2, -0.15) is 0 Å². The number of nitrogens with zero attached hydrogens (tertiary/aromatic N) is 2. The van der Waals surface area contributed by atoms with Crippen molar-refractivity contribution >= 4 is 17.7 Å². The van der Waals surface area contributed by atoms with Crippen LogP contribution in [0.4, 0.5) is 4.39 Å². The third-order valence-corrected chi connectivity index (χ3v) is 6.48. The molecule has 3 amide bonds. The van der Waals surface area contributed by atoms with Crippen LogP contribution in [0, 0.1) is 12.7 Å². The van der Waals surface area contributed by atoms with Crippen LogP contribution in [0.1, 0.15) is 54.8 Å². The lowest BCUT2D eigenvalue weighted by Crippen LogP contribution is -2.57.